The van der Waals surface area contributed by atoms with Gasteiger partial charge in [0, 0.05) is 18.8 Å². The topological polar surface area (TPSA) is 67.9 Å². The van der Waals surface area contributed by atoms with Crippen molar-refractivity contribution >= 4 is 17.5 Å². The molecule has 1 fully saturated rings. The summed E-state index contributed by atoms with van der Waals surface area (Å²) in [4.78, 5) is 26.0. The van der Waals surface area contributed by atoms with E-state index in [4.69, 9.17) is 9.47 Å². The summed E-state index contributed by atoms with van der Waals surface area (Å²) in [5.74, 6) is -3.31. The molecule has 0 bridgehead atoms. The van der Waals surface area contributed by atoms with E-state index in [-0.39, 0.29) is 23.9 Å². The average Bonchev–Trinajstić information content (AvgIpc) is 3.30. The third kappa shape index (κ3) is 6.22. The molecule has 2 aromatic carbocycles. The minimum atomic E-state index is -5.26. The molecule has 2 atom stereocenters. The van der Waals surface area contributed by atoms with Gasteiger partial charge in [0.15, 0.2) is 0 Å². The fraction of sp³-hybridized carbons (Fsp3) is 0.391. The van der Waals surface area contributed by atoms with Gasteiger partial charge >= 0.3 is 12.1 Å². The lowest BCUT2D eigenvalue weighted by Gasteiger charge is -2.32. The molecule has 0 aromatic heterocycles. The van der Waals surface area contributed by atoms with Crippen molar-refractivity contribution in [1.29, 1.82) is 0 Å². The van der Waals surface area contributed by atoms with Crippen molar-refractivity contribution in [3.63, 3.8) is 0 Å². The van der Waals surface area contributed by atoms with E-state index in [1.165, 1.54) is 36.4 Å². The maximum absolute atomic E-state index is 13.6. The fourth-order valence-electron chi connectivity index (χ4n) is 3.57. The number of amides is 2. The molecule has 2 aromatic rings. The fourth-order valence-corrected chi connectivity index (χ4v) is 3.57. The van der Waals surface area contributed by atoms with Crippen molar-refractivity contribution in [2.75, 3.05) is 24.7 Å². The van der Waals surface area contributed by atoms with Crippen LogP contribution < -0.4 is 15.0 Å². The summed E-state index contributed by atoms with van der Waals surface area (Å²) >= 11 is 0. The molecule has 1 saturated heterocycles. The van der Waals surface area contributed by atoms with Gasteiger partial charge in [-0.05, 0) is 61.7 Å². The number of anilines is 1. The van der Waals surface area contributed by atoms with Crippen LogP contribution in [-0.4, -0.2) is 43.9 Å². The highest BCUT2D eigenvalue weighted by Crippen LogP contribution is 2.34. The van der Waals surface area contributed by atoms with E-state index in [1.54, 1.807) is 6.92 Å². The molecule has 6 nitrogen and oxygen atoms in total. The van der Waals surface area contributed by atoms with Gasteiger partial charge in [-0.1, -0.05) is 12.1 Å². The highest BCUT2D eigenvalue weighted by Gasteiger charge is 2.47. The quantitative estimate of drug-likeness (QED) is 0.591. The van der Waals surface area contributed by atoms with Crippen LogP contribution in [0.3, 0.4) is 0 Å². The van der Waals surface area contributed by atoms with E-state index >= 15 is 0 Å². The molecule has 1 N–H and O–H groups in total. The van der Waals surface area contributed by atoms with E-state index in [0.29, 0.717) is 30.3 Å². The Labute approximate surface area is 188 Å². The van der Waals surface area contributed by atoms with Crippen LogP contribution in [0.2, 0.25) is 0 Å². The molecule has 2 amide bonds. The summed E-state index contributed by atoms with van der Waals surface area (Å²) in [5.41, 5.74) is -0.143. The number of carbonyl (C=O) groups is 2. The van der Waals surface area contributed by atoms with Crippen molar-refractivity contribution in [1.82, 2.24) is 5.32 Å². The second-order valence-corrected chi connectivity index (χ2v) is 7.43. The number of hydrogen-bond acceptors (Lipinski definition) is 4. The average molecular weight is 468 g/mol. The van der Waals surface area contributed by atoms with E-state index in [9.17, 15) is 27.2 Å². The van der Waals surface area contributed by atoms with Crippen LogP contribution in [0.25, 0.3) is 0 Å². The summed E-state index contributed by atoms with van der Waals surface area (Å²) < 4.78 is 65.0. The Kier molecular flexibility index (Phi) is 7.91. The van der Waals surface area contributed by atoms with Crippen molar-refractivity contribution in [3.05, 3.63) is 59.9 Å². The molecule has 178 valence electrons. The number of alkyl halides is 3. The van der Waals surface area contributed by atoms with Crippen LogP contribution in [0.15, 0.2) is 48.5 Å². The van der Waals surface area contributed by atoms with Crippen molar-refractivity contribution in [2.24, 2.45) is 0 Å². The number of rotatable bonds is 8. The molecular formula is C23H24F4N2O4. The number of carbonyl (C=O) groups excluding carboxylic acids is 2. The van der Waals surface area contributed by atoms with Gasteiger partial charge in [0.05, 0.1) is 12.7 Å². The molecule has 33 heavy (non-hydrogen) atoms. The minimum absolute atomic E-state index is 0.0210. The van der Waals surface area contributed by atoms with Crippen LogP contribution in [0, 0.1) is 5.82 Å². The highest BCUT2D eigenvalue weighted by molar-refractivity contribution is 6.03. The lowest BCUT2D eigenvalue weighted by Crippen LogP contribution is -2.49. The van der Waals surface area contributed by atoms with Gasteiger partial charge in [-0.3, -0.25) is 14.5 Å². The van der Waals surface area contributed by atoms with Gasteiger partial charge in [-0.15, -0.1) is 0 Å². The Balaban J connectivity index is 2.02. The summed E-state index contributed by atoms with van der Waals surface area (Å²) in [6.07, 6.45) is -4.01. The zero-order valence-corrected chi connectivity index (χ0v) is 17.9. The summed E-state index contributed by atoms with van der Waals surface area (Å²) in [6, 6.07) is 8.03. The summed E-state index contributed by atoms with van der Waals surface area (Å²) in [6.45, 7) is 2.70. The molecule has 1 heterocycles. The van der Waals surface area contributed by atoms with Gasteiger partial charge in [-0.25, -0.2) is 4.39 Å². The second kappa shape index (κ2) is 10.7. The van der Waals surface area contributed by atoms with Crippen molar-refractivity contribution in [2.45, 2.75) is 38.1 Å². The SMILES string of the molecule is CCOc1ccc(N(C(=O)C(F)(F)F)[C@H](C(=O)NC[C@H]2CCCO2)c2ccc(F)cc2)cc1. The number of nitrogens with zero attached hydrogens (tertiary/aromatic N) is 1. The van der Waals surface area contributed by atoms with Gasteiger partial charge < -0.3 is 14.8 Å². The predicted octanol–water partition coefficient (Wildman–Crippen LogP) is 4.16. The lowest BCUT2D eigenvalue weighted by atomic mass is 10.0. The third-order valence-corrected chi connectivity index (χ3v) is 5.11. The number of benzene rings is 2. The lowest BCUT2D eigenvalue weighted by molar-refractivity contribution is -0.171. The van der Waals surface area contributed by atoms with Crippen molar-refractivity contribution in [3.8, 4) is 5.75 Å². The normalized spacial score (nSPS) is 16.8. The summed E-state index contributed by atoms with van der Waals surface area (Å²) in [7, 11) is 0. The predicted molar refractivity (Wildman–Crippen MR) is 112 cm³/mol. The first-order valence-corrected chi connectivity index (χ1v) is 10.5. The Morgan fingerprint density at radius 3 is 2.36 bits per heavy atom. The molecule has 0 radical (unpaired) electrons. The molecule has 0 saturated carbocycles. The maximum atomic E-state index is 13.6. The monoisotopic (exact) mass is 468 g/mol. The first kappa shape index (κ1) is 24.5. The van der Waals surface area contributed by atoms with E-state index in [0.717, 1.165) is 18.6 Å². The van der Waals surface area contributed by atoms with Crippen LogP contribution in [0.1, 0.15) is 31.4 Å². The molecule has 0 spiro atoms. The van der Waals surface area contributed by atoms with Crippen LogP contribution in [-0.2, 0) is 14.3 Å². The van der Waals surface area contributed by atoms with Gasteiger partial charge in [0.2, 0.25) is 5.91 Å². The first-order chi connectivity index (χ1) is 15.7. The molecular weight excluding hydrogens is 444 g/mol. The Hall–Kier alpha value is -3.14. The standard InChI is InChI=1S/C23H24F4N2O4/c1-2-32-18-11-9-17(10-12-18)29(22(31)23(25,26)27)20(15-5-7-16(24)8-6-15)21(30)28-14-19-4-3-13-33-19/h5-12,19-20H,2-4,13-14H2,1H3,(H,28,30)/t19-,20+/m1/s1. The highest BCUT2D eigenvalue weighted by atomic mass is 19.4. The van der Waals surface area contributed by atoms with Crippen LogP contribution >= 0.6 is 0 Å². The minimum Gasteiger partial charge on any atom is -0.494 e. The van der Waals surface area contributed by atoms with Crippen molar-refractivity contribution < 1.29 is 36.6 Å². The molecule has 1 aliphatic heterocycles. The van der Waals surface area contributed by atoms with E-state index in [1.807, 2.05) is 0 Å². The molecule has 10 heteroatoms. The number of nitrogens with one attached hydrogen (secondary N) is 1. The van der Waals surface area contributed by atoms with E-state index in [2.05, 4.69) is 5.32 Å². The molecule has 0 unspecified atom stereocenters. The van der Waals surface area contributed by atoms with Crippen LogP contribution in [0.4, 0.5) is 23.2 Å². The van der Waals surface area contributed by atoms with Gasteiger partial charge in [0.25, 0.3) is 0 Å². The first-order valence-electron chi connectivity index (χ1n) is 10.5. The maximum Gasteiger partial charge on any atom is 0.471 e. The second-order valence-electron chi connectivity index (χ2n) is 7.43. The van der Waals surface area contributed by atoms with Gasteiger partial charge in [-0.2, -0.15) is 13.2 Å². The number of halogens is 4. The third-order valence-electron chi connectivity index (χ3n) is 5.11. The molecule has 0 aliphatic carbocycles. The largest absolute Gasteiger partial charge is 0.494 e. The smallest absolute Gasteiger partial charge is 0.471 e. The Morgan fingerprint density at radius 1 is 1.15 bits per heavy atom. The number of hydrogen-bond donors (Lipinski definition) is 1. The Bertz CT molecular complexity index is 942. The van der Waals surface area contributed by atoms with Gasteiger partial charge in [0.1, 0.15) is 17.6 Å². The molecule has 3 rings (SSSR count). The summed E-state index contributed by atoms with van der Waals surface area (Å²) in [5, 5.41) is 2.58. The zero-order valence-electron chi connectivity index (χ0n) is 17.9. The zero-order chi connectivity index (χ0) is 24.0. The van der Waals surface area contributed by atoms with Crippen LogP contribution in [0.5, 0.6) is 5.75 Å². The molecule has 1 aliphatic rings. The number of ether oxygens (including phenoxy) is 2. The van der Waals surface area contributed by atoms with E-state index < -0.39 is 29.8 Å². The Morgan fingerprint density at radius 2 is 1.82 bits per heavy atom.